The second kappa shape index (κ2) is 5.74. The summed E-state index contributed by atoms with van der Waals surface area (Å²) in [6, 6.07) is 3.00. The van der Waals surface area contributed by atoms with E-state index in [1.165, 1.54) is 0 Å². The molecule has 1 aromatic carbocycles. The van der Waals surface area contributed by atoms with Crippen LogP contribution in [0.15, 0.2) is 10.5 Å². The van der Waals surface area contributed by atoms with Crippen molar-refractivity contribution in [3.8, 4) is 6.01 Å². The number of rotatable bonds is 5. The van der Waals surface area contributed by atoms with E-state index >= 15 is 0 Å². The summed E-state index contributed by atoms with van der Waals surface area (Å²) in [5.41, 5.74) is 0.909. The predicted molar refractivity (Wildman–Crippen MR) is 99.1 cm³/mol. The van der Waals surface area contributed by atoms with Crippen LogP contribution in [0.2, 0.25) is 0 Å². The van der Waals surface area contributed by atoms with Crippen molar-refractivity contribution in [1.29, 1.82) is 0 Å². The molecule has 8 heteroatoms. The molecule has 0 amide bonds. The Morgan fingerprint density at radius 1 is 1.46 bits per heavy atom. The summed E-state index contributed by atoms with van der Waals surface area (Å²) in [6.45, 7) is 4.08. The van der Waals surface area contributed by atoms with E-state index in [1.807, 2.05) is 13.0 Å². The predicted octanol–water partition coefficient (Wildman–Crippen LogP) is 2.15. The molecule has 2 atom stereocenters. The molecule has 6 nitrogen and oxygen atoms in total. The summed E-state index contributed by atoms with van der Waals surface area (Å²) < 4.78 is 21.1. The number of aliphatic hydroxyl groups excluding tert-OH is 1. The summed E-state index contributed by atoms with van der Waals surface area (Å²) in [6.07, 6.45) is 1.87. The number of nitrogens with one attached hydrogen (secondary N) is 1. The van der Waals surface area contributed by atoms with E-state index in [1.54, 1.807) is 0 Å². The zero-order chi connectivity index (χ0) is 18.1. The van der Waals surface area contributed by atoms with Crippen molar-refractivity contribution in [2.75, 3.05) is 31.2 Å². The molecule has 26 heavy (non-hydrogen) atoms. The zero-order valence-electron chi connectivity index (χ0n) is 14.4. The van der Waals surface area contributed by atoms with E-state index in [9.17, 15) is 9.50 Å². The molecular formula is C18H20BrFN4O2. The van der Waals surface area contributed by atoms with E-state index in [2.05, 4.69) is 36.1 Å². The standard InChI is InChI=1S/C18H20BrFN4O2/c1-9-4-10-15(14(20)13(9)19)22-17(26-8-18(7-25)2-3-18)23-16(10)24-6-11-12(24)5-21-11/h4,11-12,21,25H,2-3,5-8H2,1H3. The van der Waals surface area contributed by atoms with Gasteiger partial charge in [0.05, 0.1) is 23.7 Å². The number of fused-ring (bicyclic) bond motifs is 2. The second-order valence-electron chi connectivity index (χ2n) is 7.73. The maximum absolute atomic E-state index is 14.9. The smallest absolute Gasteiger partial charge is 0.319 e. The van der Waals surface area contributed by atoms with E-state index < -0.39 is 0 Å². The third kappa shape index (κ3) is 2.42. The van der Waals surface area contributed by atoms with Gasteiger partial charge in [0.15, 0.2) is 5.82 Å². The Morgan fingerprint density at radius 2 is 2.27 bits per heavy atom. The molecule has 2 N–H and O–H groups in total. The number of aryl methyl sites for hydroxylation is 1. The number of anilines is 1. The van der Waals surface area contributed by atoms with Gasteiger partial charge in [-0.25, -0.2) is 4.39 Å². The number of aliphatic hydroxyl groups is 1. The molecule has 0 bridgehead atoms. The molecule has 2 saturated heterocycles. The SMILES string of the molecule is Cc1cc2c(N3CC4NCC43)nc(OCC3(CO)CC3)nc2c(F)c1Br. The van der Waals surface area contributed by atoms with Crippen LogP contribution in [0.5, 0.6) is 6.01 Å². The number of hydrogen-bond acceptors (Lipinski definition) is 6. The van der Waals surface area contributed by atoms with Crippen LogP contribution < -0.4 is 15.0 Å². The Balaban J connectivity index is 1.57. The fraction of sp³-hybridized carbons (Fsp3) is 0.556. The fourth-order valence-corrected chi connectivity index (χ4v) is 3.98. The molecule has 2 unspecified atom stereocenters. The molecule has 3 heterocycles. The summed E-state index contributed by atoms with van der Waals surface area (Å²) >= 11 is 3.31. The minimum absolute atomic E-state index is 0.0914. The highest BCUT2D eigenvalue weighted by molar-refractivity contribution is 9.10. The molecular weight excluding hydrogens is 403 g/mol. The Morgan fingerprint density at radius 3 is 2.85 bits per heavy atom. The van der Waals surface area contributed by atoms with Crippen LogP contribution >= 0.6 is 15.9 Å². The van der Waals surface area contributed by atoms with Gasteiger partial charge in [-0.05, 0) is 47.3 Å². The lowest BCUT2D eigenvalue weighted by molar-refractivity contribution is 0.140. The third-order valence-corrected chi connectivity index (χ3v) is 6.91. The average Bonchev–Trinajstić information content (AvgIpc) is 3.41. The van der Waals surface area contributed by atoms with Gasteiger partial charge >= 0.3 is 6.01 Å². The number of piperazine rings is 1. The lowest BCUT2D eigenvalue weighted by atomic mass is 9.88. The Labute approximate surface area is 158 Å². The van der Waals surface area contributed by atoms with Crippen molar-refractivity contribution in [3.05, 3.63) is 21.9 Å². The van der Waals surface area contributed by atoms with Gasteiger partial charge in [-0.3, -0.25) is 0 Å². The molecule has 3 fully saturated rings. The minimum Gasteiger partial charge on any atom is -0.463 e. The molecule has 0 spiro atoms. The molecule has 5 rings (SSSR count). The monoisotopic (exact) mass is 422 g/mol. The maximum Gasteiger partial charge on any atom is 0.319 e. The molecule has 3 aliphatic rings. The van der Waals surface area contributed by atoms with E-state index in [0.717, 1.165) is 37.3 Å². The number of aromatic nitrogens is 2. The summed E-state index contributed by atoms with van der Waals surface area (Å²) in [7, 11) is 0. The number of ether oxygens (including phenoxy) is 1. The lowest BCUT2D eigenvalue weighted by Gasteiger charge is -2.56. The van der Waals surface area contributed by atoms with Gasteiger partial charge in [-0.2, -0.15) is 9.97 Å². The van der Waals surface area contributed by atoms with Crippen LogP contribution in [0.3, 0.4) is 0 Å². The number of benzene rings is 1. The molecule has 2 aliphatic heterocycles. The van der Waals surface area contributed by atoms with Crippen LogP contribution in [-0.4, -0.2) is 53.5 Å². The van der Waals surface area contributed by atoms with Crippen LogP contribution in [0.4, 0.5) is 10.2 Å². The summed E-state index contributed by atoms with van der Waals surface area (Å²) in [5, 5.41) is 13.6. The van der Waals surface area contributed by atoms with E-state index in [0.29, 0.717) is 28.5 Å². The van der Waals surface area contributed by atoms with Crippen molar-refractivity contribution in [3.63, 3.8) is 0 Å². The van der Waals surface area contributed by atoms with Crippen LogP contribution in [0.1, 0.15) is 18.4 Å². The summed E-state index contributed by atoms with van der Waals surface area (Å²) in [5.74, 6) is 0.344. The van der Waals surface area contributed by atoms with Crippen molar-refractivity contribution in [1.82, 2.24) is 15.3 Å². The van der Waals surface area contributed by atoms with Crippen LogP contribution in [0, 0.1) is 18.2 Å². The fourth-order valence-electron chi connectivity index (χ4n) is 3.68. The van der Waals surface area contributed by atoms with Crippen LogP contribution in [0.25, 0.3) is 10.9 Å². The first-order valence-electron chi connectivity index (χ1n) is 8.91. The number of halogens is 2. The molecule has 0 radical (unpaired) electrons. The lowest BCUT2D eigenvalue weighted by Crippen LogP contribution is -2.78. The first-order chi connectivity index (χ1) is 12.5. The Hall–Kier alpha value is -1.51. The van der Waals surface area contributed by atoms with E-state index in [4.69, 9.17) is 4.74 Å². The van der Waals surface area contributed by atoms with Crippen molar-refractivity contribution in [2.24, 2.45) is 5.41 Å². The molecule has 2 aromatic rings. The van der Waals surface area contributed by atoms with Crippen molar-refractivity contribution in [2.45, 2.75) is 31.8 Å². The maximum atomic E-state index is 14.9. The zero-order valence-corrected chi connectivity index (χ0v) is 16.0. The first-order valence-corrected chi connectivity index (χ1v) is 9.71. The van der Waals surface area contributed by atoms with Gasteiger partial charge in [0, 0.05) is 29.9 Å². The molecule has 138 valence electrons. The number of hydrogen-bond donors (Lipinski definition) is 2. The molecule has 1 saturated carbocycles. The summed E-state index contributed by atoms with van der Waals surface area (Å²) in [4.78, 5) is 11.2. The van der Waals surface area contributed by atoms with E-state index in [-0.39, 0.29) is 29.4 Å². The van der Waals surface area contributed by atoms with Crippen LogP contribution in [-0.2, 0) is 0 Å². The highest BCUT2D eigenvalue weighted by atomic mass is 79.9. The van der Waals surface area contributed by atoms with Gasteiger partial charge in [0.1, 0.15) is 11.3 Å². The average molecular weight is 423 g/mol. The Kier molecular flexibility index (Phi) is 3.68. The molecule has 1 aliphatic carbocycles. The highest BCUT2D eigenvalue weighted by Gasteiger charge is 2.47. The largest absolute Gasteiger partial charge is 0.463 e. The van der Waals surface area contributed by atoms with Gasteiger partial charge in [0.25, 0.3) is 0 Å². The number of nitrogens with zero attached hydrogens (tertiary/aromatic N) is 3. The Bertz CT molecular complexity index is 905. The third-order valence-electron chi connectivity index (χ3n) is 5.93. The topological polar surface area (TPSA) is 70.5 Å². The minimum atomic E-state index is -0.388. The normalized spacial score (nSPS) is 25.5. The second-order valence-corrected chi connectivity index (χ2v) is 8.52. The first kappa shape index (κ1) is 16.6. The van der Waals surface area contributed by atoms with Gasteiger partial charge in [-0.1, -0.05) is 0 Å². The van der Waals surface area contributed by atoms with Gasteiger partial charge in [-0.15, -0.1) is 0 Å². The molecule has 1 aromatic heterocycles. The quantitative estimate of drug-likeness (QED) is 0.769. The van der Waals surface area contributed by atoms with Gasteiger partial charge < -0.3 is 20.1 Å². The van der Waals surface area contributed by atoms with Gasteiger partial charge in [0.2, 0.25) is 0 Å². The van der Waals surface area contributed by atoms with Crippen molar-refractivity contribution >= 4 is 32.7 Å². The van der Waals surface area contributed by atoms with Crippen molar-refractivity contribution < 1.29 is 14.2 Å². The highest BCUT2D eigenvalue weighted by Crippen LogP contribution is 2.45.